The molecular formula is C18H20O2. The van der Waals surface area contributed by atoms with Gasteiger partial charge in [0.15, 0.2) is 0 Å². The summed E-state index contributed by atoms with van der Waals surface area (Å²) in [7, 11) is 0. The van der Waals surface area contributed by atoms with Gasteiger partial charge in [0.25, 0.3) is 0 Å². The quantitative estimate of drug-likeness (QED) is 0.901. The molecular weight excluding hydrogens is 248 g/mol. The normalized spacial score (nSPS) is 13.2. The Balaban J connectivity index is 1.54. The van der Waals surface area contributed by atoms with Crippen LogP contribution in [0.3, 0.4) is 0 Å². The highest BCUT2D eigenvalue weighted by Gasteiger charge is 2.10. The first-order valence-electron chi connectivity index (χ1n) is 7.28. The Kier molecular flexibility index (Phi) is 4.03. The number of fused-ring (bicyclic) bond motifs is 1. The molecule has 0 spiro atoms. The minimum Gasteiger partial charge on any atom is -0.493 e. The van der Waals surface area contributed by atoms with E-state index >= 15 is 0 Å². The molecule has 20 heavy (non-hydrogen) atoms. The zero-order chi connectivity index (χ0) is 13.8. The Morgan fingerprint density at radius 2 is 1.65 bits per heavy atom. The molecule has 2 aromatic carbocycles. The number of aryl methyl sites for hydroxylation is 2. The maximum atomic E-state index is 9.01. The third kappa shape index (κ3) is 3.02. The van der Waals surface area contributed by atoms with Gasteiger partial charge in [0.2, 0.25) is 0 Å². The van der Waals surface area contributed by atoms with Gasteiger partial charge in [-0.1, -0.05) is 30.3 Å². The van der Waals surface area contributed by atoms with Gasteiger partial charge in [0.1, 0.15) is 5.75 Å². The highest BCUT2D eigenvalue weighted by Crippen LogP contribution is 2.26. The van der Waals surface area contributed by atoms with Gasteiger partial charge in [0.05, 0.1) is 13.2 Å². The SMILES string of the molecule is OCc1ccc(CCOc2ccc3c(c2)CCC3)cc1. The first-order valence-corrected chi connectivity index (χ1v) is 7.28. The molecule has 2 heteroatoms. The molecule has 1 N–H and O–H groups in total. The third-order valence-electron chi connectivity index (χ3n) is 3.93. The van der Waals surface area contributed by atoms with Crippen LogP contribution in [0, 0.1) is 0 Å². The molecule has 0 heterocycles. The Hall–Kier alpha value is -1.80. The van der Waals surface area contributed by atoms with Gasteiger partial charge in [-0.3, -0.25) is 0 Å². The molecule has 0 aromatic heterocycles. The molecule has 0 aliphatic heterocycles. The second kappa shape index (κ2) is 6.10. The molecule has 2 nitrogen and oxygen atoms in total. The van der Waals surface area contributed by atoms with E-state index in [0.29, 0.717) is 6.61 Å². The Morgan fingerprint density at radius 1 is 0.900 bits per heavy atom. The zero-order valence-electron chi connectivity index (χ0n) is 11.6. The molecule has 0 saturated heterocycles. The first kappa shape index (κ1) is 13.2. The fourth-order valence-electron chi connectivity index (χ4n) is 2.74. The lowest BCUT2D eigenvalue weighted by molar-refractivity contribution is 0.282. The highest BCUT2D eigenvalue weighted by molar-refractivity contribution is 5.38. The fraction of sp³-hybridized carbons (Fsp3) is 0.333. The van der Waals surface area contributed by atoms with Gasteiger partial charge < -0.3 is 9.84 Å². The van der Waals surface area contributed by atoms with E-state index in [1.54, 1.807) is 0 Å². The average molecular weight is 268 g/mol. The maximum absolute atomic E-state index is 9.01. The minimum absolute atomic E-state index is 0.103. The van der Waals surface area contributed by atoms with Crippen molar-refractivity contribution >= 4 is 0 Å². The van der Waals surface area contributed by atoms with Crippen LogP contribution in [0.2, 0.25) is 0 Å². The molecule has 0 atom stereocenters. The molecule has 104 valence electrons. The van der Waals surface area contributed by atoms with E-state index in [0.717, 1.165) is 17.7 Å². The molecule has 3 rings (SSSR count). The first-order chi connectivity index (χ1) is 9.85. The topological polar surface area (TPSA) is 29.5 Å². The van der Waals surface area contributed by atoms with Crippen molar-refractivity contribution in [3.63, 3.8) is 0 Å². The number of aliphatic hydroxyl groups excluding tert-OH is 1. The van der Waals surface area contributed by atoms with Crippen molar-refractivity contribution in [2.24, 2.45) is 0 Å². The monoisotopic (exact) mass is 268 g/mol. The summed E-state index contributed by atoms with van der Waals surface area (Å²) < 4.78 is 5.84. The van der Waals surface area contributed by atoms with E-state index in [4.69, 9.17) is 9.84 Å². The van der Waals surface area contributed by atoms with E-state index in [-0.39, 0.29) is 6.61 Å². The predicted molar refractivity (Wildman–Crippen MR) is 80.0 cm³/mol. The summed E-state index contributed by atoms with van der Waals surface area (Å²) in [5, 5.41) is 9.01. The third-order valence-corrected chi connectivity index (χ3v) is 3.93. The van der Waals surface area contributed by atoms with Crippen LogP contribution in [0.5, 0.6) is 5.75 Å². The number of ether oxygens (including phenoxy) is 1. The Bertz CT molecular complexity index is 572. The van der Waals surface area contributed by atoms with Crippen LogP contribution < -0.4 is 4.74 Å². The van der Waals surface area contributed by atoms with E-state index < -0.39 is 0 Å². The van der Waals surface area contributed by atoms with Crippen molar-refractivity contribution in [3.8, 4) is 5.75 Å². The van der Waals surface area contributed by atoms with Crippen molar-refractivity contribution in [3.05, 3.63) is 64.7 Å². The van der Waals surface area contributed by atoms with Gasteiger partial charge >= 0.3 is 0 Å². The van der Waals surface area contributed by atoms with Crippen molar-refractivity contribution in [2.75, 3.05) is 6.61 Å². The highest BCUT2D eigenvalue weighted by atomic mass is 16.5. The van der Waals surface area contributed by atoms with Gasteiger partial charge in [-0.25, -0.2) is 0 Å². The van der Waals surface area contributed by atoms with E-state index in [2.05, 4.69) is 30.3 Å². The smallest absolute Gasteiger partial charge is 0.119 e. The molecule has 2 aromatic rings. The maximum Gasteiger partial charge on any atom is 0.119 e. The molecule has 1 aliphatic rings. The van der Waals surface area contributed by atoms with Crippen LogP contribution in [0.1, 0.15) is 28.7 Å². The van der Waals surface area contributed by atoms with Crippen LogP contribution in [-0.2, 0) is 25.9 Å². The summed E-state index contributed by atoms with van der Waals surface area (Å²) in [5.41, 5.74) is 5.13. The van der Waals surface area contributed by atoms with Gasteiger partial charge in [0, 0.05) is 6.42 Å². The van der Waals surface area contributed by atoms with Gasteiger partial charge in [-0.2, -0.15) is 0 Å². The number of benzene rings is 2. The molecule has 0 unspecified atom stereocenters. The lowest BCUT2D eigenvalue weighted by atomic mass is 10.1. The summed E-state index contributed by atoms with van der Waals surface area (Å²) in [6.07, 6.45) is 4.57. The average Bonchev–Trinajstić information content (AvgIpc) is 2.95. The number of aliphatic hydroxyl groups is 1. The fourth-order valence-corrected chi connectivity index (χ4v) is 2.74. The van der Waals surface area contributed by atoms with Crippen molar-refractivity contribution in [1.29, 1.82) is 0 Å². The summed E-state index contributed by atoms with van der Waals surface area (Å²) >= 11 is 0. The summed E-state index contributed by atoms with van der Waals surface area (Å²) in [4.78, 5) is 0. The van der Waals surface area contributed by atoms with Crippen molar-refractivity contribution in [1.82, 2.24) is 0 Å². The molecule has 0 fully saturated rings. The van der Waals surface area contributed by atoms with E-state index in [1.165, 1.54) is 36.0 Å². The Morgan fingerprint density at radius 3 is 2.45 bits per heavy atom. The van der Waals surface area contributed by atoms with Crippen molar-refractivity contribution < 1.29 is 9.84 Å². The number of hydrogen-bond acceptors (Lipinski definition) is 2. The second-order valence-corrected chi connectivity index (χ2v) is 5.36. The molecule has 0 radical (unpaired) electrons. The van der Waals surface area contributed by atoms with Gasteiger partial charge in [-0.15, -0.1) is 0 Å². The number of rotatable bonds is 5. The van der Waals surface area contributed by atoms with Gasteiger partial charge in [-0.05, 0) is 53.6 Å². The van der Waals surface area contributed by atoms with E-state index in [1.807, 2.05) is 12.1 Å². The Labute approximate surface area is 120 Å². The largest absolute Gasteiger partial charge is 0.493 e. The van der Waals surface area contributed by atoms with Crippen LogP contribution in [0.25, 0.3) is 0 Å². The summed E-state index contributed by atoms with van der Waals surface area (Å²) in [6.45, 7) is 0.795. The van der Waals surface area contributed by atoms with Crippen molar-refractivity contribution in [2.45, 2.75) is 32.3 Å². The number of hydrogen-bond donors (Lipinski definition) is 1. The standard InChI is InChI=1S/C18H20O2/c19-13-15-6-4-14(5-7-15)10-11-20-18-9-8-16-2-1-3-17(16)12-18/h4-9,12,19H,1-3,10-11,13H2. The minimum atomic E-state index is 0.103. The zero-order valence-corrected chi connectivity index (χ0v) is 11.6. The summed E-state index contributed by atoms with van der Waals surface area (Å²) in [6, 6.07) is 14.5. The summed E-state index contributed by atoms with van der Waals surface area (Å²) in [5.74, 6) is 0.984. The molecule has 0 amide bonds. The molecule has 0 saturated carbocycles. The second-order valence-electron chi connectivity index (χ2n) is 5.36. The van der Waals surface area contributed by atoms with Crippen LogP contribution >= 0.6 is 0 Å². The van der Waals surface area contributed by atoms with E-state index in [9.17, 15) is 0 Å². The predicted octanol–water partition coefficient (Wildman–Crippen LogP) is 3.29. The lowest BCUT2D eigenvalue weighted by Gasteiger charge is -2.08. The van der Waals surface area contributed by atoms with Crippen LogP contribution in [0.4, 0.5) is 0 Å². The molecule has 1 aliphatic carbocycles. The molecule has 0 bridgehead atoms. The lowest BCUT2D eigenvalue weighted by Crippen LogP contribution is -2.02. The van der Waals surface area contributed by atoms with Crippen LogP contribution in [-0.4, -0.2) is 11.7 Å². The van der Waals surface area contributed by atoms with Crippen LogP contribution in [0.15, 0.2) is 42.5 Å².